The molecule has 3 atom stereocenters. The summed E-state index contributed by atoms with van der Waals surface area (Å²) in [5, 5.41) is 10.7. The first-order valence-corrected chi connectivity index (χ1v) is 13.1. The van der Waals surface area contributed by atoms with Crippen LogP contribution in [0.4, 0.5) is 4.39 Å². The van der Waals surface area contributed by atoms with Crippen molar-refractivity contribution in [3.8, 4) is 10.4 Å². The average Bonchev–Trinajstić information content (AvgIpc) is 3.24. The fourth-order valence-corrected chi connectivity index (χ4v) is 6.30. The number of para-hydroxylation sites is 1. The lowest BCUT2D eigenvalue weighted by molar-refractivity contribution is 0.0690. The SMILES string of the molecule is Cc1c(C(=O)O)c2ccccc2n1C.Cc1nc(C(=O)N2[C@H](CN)C[C@@H]3C[C@@H]32)c(-c2cccc(F)c2)s1. The van der Waals surface area contributed by atoms with Gasteiger partial charge in [-0.15, -0.1) is 11.3 Å². The number of amides is 1. The van der Waals surface area contributed by atoms with Crippen molar-refractivity contribution >= 4 is 34.1 Å². The zero-order chi connectivity index (χ0) is 26.4. The molecular formula is C28H29FN4O3S. The number of fused-ring (bicyclic) bond motifs is 2. The number of aromatic carboxylic acids is 1. The Hall–Kier alpha value is -3.56. The highest BCUT2D eigenvalue weighted by Gasteiger charge is 2.54. The third-order valence-electron chi connectivity index (χ3n) is 7.35. The van der Waals surface area contributed by atoms with Crippen molar-refractivity contribution in [3.63, 3.8) is 0 Å². The van der Waals surface area contributed by atoms with Crippen LogP contribution >= 0.6 is 11.3 Å². The highest BCUT2D eigenvalue weighted by molar-refractivity contribution is 7.15. The van der Waals surface area contributed by atoms with Crippen molar-refractivity contribution in [1.82, 2.24) is 14.5 Å². The first-order valence-electron chi connectivity index (χ1n) is 12.2. The smallest absolute Gasteiger partial charge is 0.338 e. The second kappa shape index (κ2) is 9.72. The van der Waals surface area contributed by atoms with Crippen LogP contribution in [0.25, 0.3) is 21.3 Å². The number of rotatable bonds is 4. The molecule has 1 aliphatic heterocycles. The van der Waals surface area contributed by atoms with Gasteiger partial charge in [-0.3, -0.25) is 4.79 Å². The molecule has 3 N–H and O–H groups in total. The third-order valence-corrected chi connectivity index (χ3v) is 8.37. The number of aromatic nitrogens is 2. The van der Waals surface area contributed by atoms with Gasteiger partial charge in [-0.2, -0.15) is 0 Å². The summed E-state index contributed by atoms with van der Waals surface area (Å²) in [4.78, 5) is 31.2. The zero-order valence-corrected chi connectivity index (χ0v) is 21.8. The Labute approximate surface area is 218 Å². The van der Waals surface area contributed by atoms with E-state index < -0.39 is 5.97 Å². The summed E-state index contributed by atoms with van der Waals surface area (Å²) in [7, 11) is 1.88. The van der Waals surface area contributed by atoms with E-state index in [0.717, 1.165) is 39.3 Å². The van der Waals surface area contributed by atoms with Crippen molar-refractivity contribution in [2.45, 2.75) is 38.8 Å². The van der Waals surface area contributed by atoms with Crippen molar-refractivity contribution in [1.29, 1.82) is 0 Å². The van der Waals surface area contributed by atoms with E-state index >= 15 is 0 Å². The Bertz CT molecular complexity index is 1510. The van der Waals surface area contributed by atoms with Crippen LogP contribution in [0.15, 0.2) is 48.5 Å². The molecule has 0 bridgehead atoms. The fourth-order valence-electron chi connectivity index (χ4n) is 5.40. The average molecular weight is 521 g/mol. The largest absolute Gasteiger partial charge is 0.478 e. The summed E-state index contributed by atoms with van der Waals surface area (Å²) in [5.41, 5.74) is 9.13. The lowest BCUT2D eigenvalue weighted by Gasteiger charge is -2.26. The third kappa shape index (κ3) is 4.53. The van der Waals surface area contributed by atoms with Gasteiger partial charge < -0.3 is 20.3 Å². The van der Waals surface area contributed by atoms with Gasteiger partial charge in [0.15, 0.2) is 0 Å². The van der Waals surface area contributed by atoms with E-state index in [1.165, 1.54) is 23.5 Å². The van der Waals surface area contributed by atoms with Crippen molar-refractivity contribution in [3.05, 3.63) is 76.3 Å². The molecule has 3 heterocycles. The quantitative estimate of drug-likeness (QED) is 0.394. The van der Waals surface area contributed by atoms with E-state index in [2.05, 4.69) is 4.98 Å². The summed E-state index contributed by atoms with van der Waals surface area (Å²) < 4.78 is 15.5. The van der Waals surface area contributed by atoms with Crippen LogP contribution in [0.3, 0.4) is 0 Å². The van der Waals surface area contributed by atoms with Gasteiger partial charge in [0, 0.05) is 42.3 Å². The number of nitrogens with two attached hydrogens (primary N) is 1. The lowest BCUT2D eigenvalue weighted by atomic mass is 10.1. The van der Waals surface area contributed by atoms with E-state index in [9.17, 15) is 14.0 Å². The molecule has 1 amide bonds. The van der Waals surface area contributed by atoms with Crippen LogP contribution in [0.1, 0.15) is 44.4 Å². The zero-order valence-electron chi connectivity index (χ0n) is 20.9. The van der Waals surface area contributed by atoms with E-state index in [4.69, 9.17) is 10.8 Å². The van der Waals surface area contributed by atoms with Crippen LogP contribution < -0.4 is 5.73 Å². The van der Waals surface area contributed by atoms with Gasteiger partial charge >= 0.3 is 5.97 Å². The van der Waals surface area contributed by atoms with E-state index in [-0.39, 0.29) is 17.8 Å². The number of hydrogen-bond acceptors (Lipinski definition) is 5. The molecule has 0 unspecified atom stereocenters. The van der Waals surface area contributed by atoms with Gasteiger partial charge in [-0.1, -0.05) is 30.3 Å². The molecule has 192 valence electrons. The molecule has 1 saturated heterocycles. The molecule has 9 heteroatoms. The molecule has 2 aromatic carbocycles. The number of hydrogen-bond donors (Lipinski definition) is 2. The first-order chi connectivity index (χ1) is 17.7. The van der Waals surface area contributed by atoms with Crippen LogP contribution in [0, 0.1) is 25.6 Å². The van der Waals surface area contributed by atoms with Gasteiger partial charge in [-0.05, 0) is 56.4 Å². The van der Waals surface area contributed by atoms with E-state index in [0.29, 0.717) is 35.3 Å². The number of carboxylic acids is 1. The van der Waals surface area contributed by atoms with Crippen molar-refractivity contribution in [2.24, 2.45) is 18.7 Å². The molecule has 2 fully saturated rings. The summed E-state index contributed by atoms with van der Waals surface area (Å²) >= 11 is 1.43. The van der Waals surface area contributed by atoms with E-state index in [1.807, 2.05) is 60.7 Å². The fraction of sp³-hybridized carbons (Fsp3) is 0.321. The number of carbonyl (C=O) groups excluding carboxylic acids is 1. The Morgan fingerprint density at radius 3 is 2.62 bits per heavy atom. The normalized spacial score (nSPS) is 19.9. The molecule has 1 aliphatic carbocycles. The predicted molar refractivity (Wildman–Crippen MR) is 142 cm³/mol. The maximum Gasteiger partial charge on any atom is 0.338 e. The van der Waals surface area contributed by atoms with Crippen LogP contribution in [-0.4, -0.2) is 50.1 Å². The van der Waals surface area contributed by atoms with Crippen LogP contribution in [0.2, 0.25) is 0 Å². The maximum absolute atomic E-state index is 13.6. The highest BCUT2D eigenvalue weighted by Crippen LogP contribution is 2.48. The number of benzene rings is 2. The monoisotopic (exact) mass is 520 g/mol. The Kier molecular flexibility index (Phi) is 6.59. The Morgan fingerprint density at radius 2 is 1.92 bits per heavy atom. The van der Waals surface area contributed by atoms with Crippen molar-refractivity contribution in [2.75, 3.05) is 6.54 Å². The Balaban J connectivity index is 0.000000171. The van der Waals surface area contributed by atoms with Crippen LogP contribution in [0.5, 0.6) is 0 Å². The predicted octanol–water partition coefficient (Wildman–Crippen LogP) is 5.00. The standard InChI is InChI=1S/C17H18FN3OS.C11H11NO2/c1-9-20-15(16(23-9)10-3-2-4-12(18)5-10)17(22)21-13(8-19)6-11-7-14(11)21;1-7-10(11(13)14)8-5-3-4-6-9(8)12(7)2/h2-5,11,13-14H,6-8,19H2,1H3;3-6H,1-2H3,(H,13,14)/t11-,13+,14+;/m1./s1. The minimum Gasteiger partial charge on any atom is -0.478 e. The summed E-state index contributed by atoms with van der Waals surface area (Å²) in [6.45, 7) is 4.18. The molecule has 0 radical (unpaired) electrons. The number of thiazole rings is 1. The van der Waals surface area contributed by atoms with E-state index in [1.54, 1.807) is 6.07 Å². The van der Waals surface area contributed by atoms with Gasteiger partial charge in [0.25, 0.3) is 5.91 Å². The minimum atomic E-state index is -0.862. The number of piperidine rings is 1. The summed E-state index contributed by atoms with van der Waals surface area (Å²) in [6, 6.07) is 14.3. The highest BCUT2D eigenvalue weighted by atomic mass is 32.1. The molecule has 6 rings (SSSR count). The number of carboxylic acid groups (broad SMARTS) is 1. The molecular weight excluding hydrogens is 491 g/mol. The molecule has 0 spiro atoms. The van der Waals surface area contributed by atoms with Gasteiger partial charge in [0.05, 0.1) is 15.4 Å². The number of nitrogens with zero attached hydrogens (tertiary/aromatic N) is 3. The molecule has 37 heavy (non-hydrogen) atoms. The Morgan fingerprint density at radius 1 is 1.16 bits per heavy atom. The molecule has 4 aromatic rings. The molecule has 2 aromatic heterocycles. The number of carbonyl (C=O) groups is 2. The second-order valence-electron chi connectivity index (χ2n) is 9.66. The second-order valence-corrected chi connectivity index (χ2v) is 10.9. The molecule has 2 aliphatic rings. The van der Waals surface area contributed by atoms with Gasteiger partial charge in [0.1, 0.15) is 11.5 Å². The topological polar surface area (TPSA) is 101 Å². The van der Waals surface area contributed by atoms with Crippen molar-refractivity contribution < 1.29 is 19.1 Å². The number of aryl methyl sites for hydroxylation is 2. The minimum absolute atomic E-state index is 0.0611. The first kappa shape index (κ1) is 25.1. The van der Waals surface area contributed by atoms with Gasteiger partial charge in [-0.25, -0.2) is 14.2 Å². The molecule has 7 nitrogen and oxygen atoms in total. The lowest BCUT2D eigenvalue weighted by Crippen LogP contribution is -2.42. The molecule has 1 saturated carbocycles. The summed E-state index contributed by atoms with van der Waals surface area (Å²) in [5.74, 6) is -0.631. The summed E-state index contributed by atoms with van der Waals surface area (Å²) in [6.07, 6.45) is 2.06. The van der Waals surface area contributed by atoms with Gasteiger partial charge in [0.2, 0.25) is 0 Å². The number of halogens is 1. The number of likely N-dealkylation sites (tertiary alicyclic amines) is 1. The van der Waals surface area contributed by atoms with Crippen LogP contribution in [-0.2, 0) is 7.05 Å². The maximum atomic E-state index is 13.6.